The van der Waals surface area contributed by atoms with Gasteiger partial charge in [0.25, 0.3) is 0 Å². The SMILES string of the molecule is Cc1cc2ccccc2cc1OCCCN1CCCOCC1. The van der Waals surface area contributed by atoms with Crippen molar-refractivity contribution >= 4 is 10.8 Å². The highest BCUT2D eigenvalue weighted by molar-refractivity contribution is 5.84. The molecule has 0 saturated carbocycles. The molecule has 3 rings (SSSR count). The Morgan fingerprint density at radius 2 is 1.91 bits per heavy atom. The number of benzene rings is 2. The molecule has 1 saturated heterocycles. The van der Waals surface area contributed by atoms with Crippen LogP contribution in [0.15, 0.2) is 36.4 Å². The first-order chi connectivity index (χ1) is 10.8. The molecule has 1 fully saturated rings. The van der Waals surface area contributed by atoms with Gasteiger partial charge in [-0.15, -0.1) is 0 Å². The van der Waals surface area contributed by atoms with E-state index in [1.807, 2.05) is 0 Å². The summed E-state index contributed by atoms with van der Waals surface area (Å²) in [5, 5.41) is 2.52. The maximum absolute atomic E-state index is 6.01. The first-order valence-electron chi connectivity index (χ1n) is 8.25. The maximum atomic E-state index is 6.01. The topological polar surface area (TPSA) is 21.7 Å². The third-order valence-corrected chi connectivity index (χ3v) is 4.23. The van der Waals surface area contributed by atoms with E-state index in [2.05, 4.69) is 48.2 Å². The van der Waals surface area contributed by atoms with E-state index < -0.39 is 0 Å². The highest BCUT2D eigenvalue weighted by Gasteiger charge is 2.09. The van der Waals surface area contributed by atoms with E-state index in [-0.39, 0.29) is 0 Å². The van der Waals surface area contributed by atoms with Crippen molar-refractivity contribution in [2.75, 3.05) is 39.5 Å². The molecular weight excluding hydrogens is 274 g/mol. The van der Waals surface area contributed by atoms with Gasteiger partial charge in [0.05, 0.1) is 13.2 Å². The lowest BCUT2D eigenvalue weighted by Gasteiger charge is -2.19. The van der Waals surface area contributed by atoms with Gasteiger partial charge >= 0.3 is 0 Å². The fourth-order valence-corrected chi connectivity index (χ4v) is 2.98. The van der Waals surface area contributed by atoms with Gasteiger partial charge in [-0.3, -0.25) is 0 Å². The van der Waals surface area contributed by atoms with Crippen LogP contribution in [-0.2, 0) is 4.74 Å². The van der Waals surface area contributed by atoms with E-state index in [1.165, 1.54) is 16.3 Å². The van der Waals surface area contributed by atoms with Crippen LogP contribution in [0, 0.1) is 6.92 Å². The Morgan fingerprint density at radius 3 is 2.77 bits per heavy atom. The van der Waals surface area contributed by atoms with Crippen molar-refractivity contribution in [2.24, 2.45) is 0 Å². The summed E-state index contributed by atoms with van der Waals surface area (Å²) in [6, 6.07) is 12.8. The zero-order valence-electron chi connectivity index (χ0n) is 13.4. The number of ether oxygens (including phenoxy) is 2. The van der Waals surface area contributed by atoms with Crippen LogP contribution in [0.4, 0.5) is 0 Å². The third-order valence-electron chi connectivity index (χ3n) is 4.23. The smallest absolute Gasteiger partial charge is 0.122 e. The molecule has 2 aromatic rings. The van der Waals surface area contributed by atoms with Crippen LogP contribution in [0.2, 0.25) is 0 Å². The number of aryl methyl sites for hydroxylation is 1. The summed E-state index contributed by atoms with van der Waals surface area (Å²) in [5.41, 5.74) is 1.21. The van der Waals surface area contributed by atoms with Crippen molar-refractivity contribution in [3.8, 4) is 5.75 Å². The van der Waals surface area contributed by atoms with Crippen molar-refractivity contribution < 1.29 is 9.47 Å². The van der Waals surface area contributed by atoms with E-state index in [4.69, 9.17) is 9.47 Å². The van der Waals surface area contributed by atoms with Crippen LogP contribution in [0.5, 0.6) is 5.75 Å². The van der Waals surface area contributed by atoms with E-state index in [0.717, 1.165) is 58.0 Å². The molecule has 0 radical (unpaired) electrons. The Balaban J connectivity index is 1.51. The summed E-state index contributed by atoms with van der Waals surface area (Å²) >= 11 is 0. The maximum Gasteiger partial charge on any atom is 0.122 e. The summed E-state index contributed by atoms with van der Waals surface area (Å²) in [6.07, 6.45) is 2.21. The van der Waals surface area contributed by atoms with Crippen molar-refractivity contribution in [1.82, 2.24) is 4.90 Å². The number of rotatable bonds is 5. The fourth-order valence-electron chi connectivity index (χ4n) is 2.98. The lowest BCUT2D eigenvalue weighted by molar-refractivity contribution is 0.140. The zero-order chi connectivity index (χ0) is 15.2. The predicted octanol–water partition coefficient (Wildman–Crippen LogP) is 3.64. The van der Waals surface area contributed by atoms with E-state index in [0.29, 0.717) is 0 Å². The molecule has 1 aliphatic heterocycles. The van der Waals surface area contributed by atoms with Gasteiger partial charge in [-0.25, -0.2) is 0 Å². The number of nitrogens with zero attached hydrogens (tertiary/aromatic N) is 1. The summed E-state index contributed by atoms with van der Waals surface area (Å²) in [5.74, 6) is 1.01. The first kappa shape index (κ1) is 15.3. The zero-order valence-corrected chi connectivity index (χ0v) is 13.4. The van der Waals surface area contributed by atoms with Crippen LogP contribution in [0.1, 0.15) is 18.4 Å². The van der Waals surface area contributed by atoms with Crippen LogP contribution < -0.4 is 4.74 Å². The first-order valence-corrected chi connectivity index (χ1v) is 8.25. The second-order valence-corrected chi connectivity index (χ2v) is 5.97. The standard InChI is InChI=1S/C19H25NO2/c1-16-14-17-6-2-3-7-18(17)15-19(16)22-12-5-9-20-8-4-11-21-13-10-20/h2-3,6-7,14-15H,4-5,8-13H2,1H3. The Labute approximate surface area is 132 Å². The summed E-state index contributed by atoms with van der Waals surface area (Å²) in [6.45, 7) is 7.96. The van der Waals surface area contributed by atoms with E-state index in [9.17, 15) is 0 Å². The quantitative estimate of drug-likeness (QED) is 0.787. The van der Waals surface area contributed by atoms with Gasteiger partial charge in [0.1, 0.15) is 5.75 Å². The lowest BCUT2D eigenvalue weighted by Crippen LogP contribution is -2.28. The van der Waals surface area contributed by atoms with Crippen LogP contribution >= 0.6 is 0 Å². The highest BCUT2D eigenvalue weighted by atomic mass is 16.5. The summed E-state index contributed by atoms with van der Waals surface area (Å²) in [7, 11) is 0. The molecule has 0 bridgehead atoms. The van der Waals surface area contributed by atoms with Crippen LogP contribution in [0.3, 0.4) is 0 Å². The van der Waals surface area contributed by atoms with Gasteiger partial charge in [-0.2, -0.15) is 0 Å². The molecule has 0 aliphatic carbocycles. The monoisotopic (exact) mass is 299 g/mol. The van der Waals surface area contributed by atoms with Gasteiger partial charge in [0.15, 0.2) is 0 Å². The normalized spacial score (nSPS) is 16.6. The van der Waals surface area contributed by atoms with Crippen LogP contribution in [-0.4, -0.2) is 44.4 Å². The minimum absolute atomic E-state index is 0.774. The molecule has 0 N–H and O–H groups in total. The summed E-state index contributed by atoms with van der Waals surface area (Å²) < 4.78 is 11.5. The van der Waals surface area contributed by atoms with Gasteiger partial charge < -0.3 is 14.4 Å². The van der Waals surface area contributed by atoms with E-state index in [1.54, 1.807) is 0 Å². The predicted molar refractivity (Wildman–Crippen MR) is 90.7 cm³/mol. The number of hydrogen-bond donors (Lipinski definition) is 0. The van der Waals surface area contributed by atoms with Crippen molar-refractivity contribution in [2.45, 2.75) is 19.8 Å². The van der Waals surface area contributed by atoms with Gasteiger partial charge in [0, 0.05) is 26.2 Å². The largest absolute Gasteiger partial charge is 0.493 e. The van der Waals surface area contributed by atoms with Crippen LogP contribution in [0.25, 0.3) is 10.8 Å². The molecule has 118 valence electrons. The Kier molecular flexibility index (Phi) is 5.30. The molecule has 22 heavy (non-hydrogen) atoms. The van der Waals surface area contributed by atoms with Crippen molar-refractivity contribution in [3.05, 3.63) is 42.0 Å². The molecule has 0 amide bonds. The minimum Gasteiger partial charge on any atom is -0.493 e. The molecule has 0 atom stereocenters. The third kappa shape index (κ3) is 3.99. The molecule has 3 nitrogen and oxygen atoms in total. The minimum atomic E-state index is 0.774. The molecule has 1 heterocycles. The molecule has 1 aliphatic rings. The van der Waals surface area contributed by atoms with E-state index >= 15 is 0 Å². The highest BCUT2D eigenvalue weighted by Crippen LogP contribution is 2.25. The summed E-state index contributed by atoms with van der Waals surface area (Å²) in [4.78, 5) is 2.48. The molecule has 3 heteroatoms. The second-order valence-electron chi connectivity index (χ2n) is 5.97. The molecule has 0 aromatic heterocycles. The Morgan fingerprint density at radius 1 is 1.09 bits per heavy atom. The average Bonchev–Trinajstić information content (AvgIpc) is 2.80. The van der Waals surface area contributed by atoms with Crippen molar-refractivity contribution in [3.63, 3.8) is 0 Å². The van der Waals surface area contributed by atoms with Gasteiger partial charge in [0.2, 0.25) is 0 Å². The average molecular weight is 299 g/mol. The second kappa shape index (κ2) is 7.61. The van der Waals surface area contributed by atoms with Crippen molar-refractivity contribution in [1.29, 1.82) is 0 Å². The fraction of sp³-hybridized carbons (Fsp3) is 0.474. The van der Waals surface area contributed by atoms with Gasteiger partial charge in [-0.05, 0) is 48.2 Å². The van der Waals surface area contributed by atoms with Gasteiger partial charge in [-0.1, -0.05) is 24.3 Å². The number of fused-ring (bicyclic) bond motifs is 1. The molecule has 0 unspecified atom stereocenters. The Hall–Kier alpha value is -1.58. The Bertz CT molecular complexity index is 603. The lowest BCUT2D eigenvalue weighted by atomic mass is 10.1. The molecule has 0 spiro atoms. The molecule has 2 aromatic carbocycles. The molecular formula is C19H25NO2. The number of hydrogen-bond acceptors (Lipinski definition) is 3.